The molecule has 2 unspecified atom stereocenters. The lowest BCUT2D eigenvalue weighted by Crippen LogP contribution is -2.63. The Hall–Kier alpha value is -2.39. The molecule has 0 aromatic heterocycles. The maximum atomic E-state index is 12.8. The van der Waals surface area contributed by atoms with Crippen molar-refractivity contribution in [2.24, 2.45) is 11.8 Å². The van der Waals surface area contributed by atoms with Crippen LogP contribution in [0.4, 0.5) is 0 Å². The lowest BCUT2D eigenvalue weighted by Gasteiger charge is -2.56. The zero-order valence-electron chi connectivity index (χ0n) is 19.7. The summed E-state index contributed by atoms with van der Waals surface area (Å²) in [6, 6.07) is 3.52. The standard InChI is InChI=1S/C25H31NO7S/c1-4-5-12-34(29,30)26-19-10-11-25-18-7-9-21(32-15(3)28)24(25)33-23-20(31-14(2)27)8-6-16(22(23)25)13-17(18)19/h6-9,17-19,21,24,26H,4-5,10-13H2,1-3H3/t17-,18?,19?,21+,24+,25+/m1/s1. The van der Waals surface area contributed by atoms with E-state index in [0.29, 0.717) is 37.2 Å². The Kier molecular flexibility index (Phi) is 5.75. The van der Waals surface area contributed by atoms with Gasteiger partial charge in [0.15, 0.2) is 17.6 Å². The van der Waals surface area contributed by atoms with Gasteiger partial charge in [0.25, 0.3) is 0 Å². The number of carbonyl (C=O) groups excluding carboxylic acids is 2. The van der Waals surface area contributed by atoms with Crippen LogP contribution in [0.5, 0.6) is 11.5 Å². The van der Waals surface area contributed by atoms with E-state index in [1.54, 1.807) is 6.07 Å². The molecule has 34 heavy (non-hydrogen) atoms. The monoisotopic (exact) mass is 489 g/mol. The van der Waals surface area contributed by atoms with Gasteiger partial charge in [-0.1, -0.05) is 25.5 Å². The van der Waals surface area contributed by atoms with E-state index < -0.39 is 39.6 Å². The van der Waals surface area contributed by atoms with Gasteiger partial charge < -0.3 is 14.2 Å². The number of rotatable bonds is 7. The van der Waals surface area contributed by atoms with Crippen LogP contribution in [0.1, 0.15) is 57.6 Å². The van der Waals surface area contributed by atoms with E-state index in [1.807, 2.05) is 19.1 Å². The Morgan fingerprint density at radius 2 is 2.00 bits per heavy atom. The van der Waals surface area contributed by atoms with Crippen molar-refractivity contribution in [1.29, 1.82) is 0 Å². The first-order chi connectivity index (χ1) is 16.2. The molecule has 1 aliphatic heterocycles. The maximum Gasteiger partial charge on any atom is 0.308 e. The van der Waals surface area contributed by atoms with E-state index in [-0.39, 0.29) is 23.6 Å². The van der Waals surface area contributed by atoms with E-state index >= 15 is 0 Å². The van der Waals surface area contributed by atoms with Gasteiger partial charge >= 0.3 is 11.9 Å². The van der Waals surface area contributed by atoms with Gasteiger partial charge in [0.2, 0.25) is 10.0 Å². The molecule has 3 aliphatic carbocycles. The van der Waals surface area contributed by atoms with Crippen LogP contribution in [0.25, 0.3) is 0 Å². The van der Waals surface area contributed by atoms with Crippen LogP contribution < -0.4 is 14.2 Å². The van der Waals surface area contributed by atoms with Crippen molar-refractivity contribution in [1.82, 2.24) is 4.72 Å². The van der Waals surface area contributed by atoms with E-state index in [0.717, 1.165) is 17.5 Å². The summed E-state index contributed by atoms with van der Waals surface area (Å²) in [6.07, 6.45) is 6.39. The second kappa shape index (κ2) is 8.37. The zero-order chi connectivity index (χ0) is 24.3. The summed E-state index contributed by atoms with van der Waals surface area (Å²) in [5, 5.41) is 0. The van der Waals surface area contributed by atoms with Gasteiger partial charge in [0.1, 0.15) is 6.10 Å². The first-order valence-corrected chi connectivity index (χ1v) is 13.7. The molecule has 8 nitrogen and oxygen atoms in total. The van der Waals surface area contributed by atoms with Crippen molar-refractivity contribution in [3.05, 3.63) is 35.4 Å². The number of allylic oxidation sites excluding steroid dienone is 1. The SMILES string of the molecule is CCCCS(=O)(=O)NC1CC[C@]23c4c5ccc(OC(C)=O)c4O[C@H]2[C@@H](OC(C)=O)C=CC3[C@H]1C5. The Morgan fingerprint density at radius 1 is 1.21 bits per heavy atom. The second-order valence-corrected chi connectivity index (χ2v) is 11.8. The van der Waals surface area contributed by atoms with Gasteiger partial charge in [0, 0.05) is 30.9 Å². The molecule has 0 amide bonds. The molecular weight excluding hydrogens is 458 g/mol. The minimum atomic E-state index is -3.38. The van der Waals surface area contributed by atoms with Gasteiger partial charge in [-0.25, -0.2) is 13.1 Å². The molecular formula is C25H31NO7S. The molecule has 1 saturated carbocycles. The topological polar surface area (TPSA) is 108 Å². The lowest BCUT2D eigenvalue weighted by atomic mass is 9.49. The fourth-order valence-electron chi connectivity index (χ4n) is 6.63. The molecule has 1 aromatic carbocycles. The minimum absolute atomic E-state index is 0.0123. The normalized spacial score (nSPS) is 32.5. The first kappa shape index (κ1) is 23.4. The molecule has 0 saturated heterocycles. The van der Waals surface area contributed by atoms with Crippen molar-refractivity contribution >= 4 is 22.0 Å². The average Bonchev–Trinajstić information content (AvgIpc) is 3.11. The molecule has 1 heterocycles. The fraction of sp³-hybridized carbons (Fsp3) is 0.600. The highest BCUT2D eigenvalue weighted by molar-refractivity contribution is 7.89. The molecule has 2 bridgehead atoms. The number of benzene rings is 1. The fourth-order valence-corrected chi connectivity index (χ4v) is 8.17. The first-order valence-electron chi connectivity index (χ1n) is 12.0. The Bertz CT molecular complexity index is 1160. The highest BCUT2D eigenvalue weighted by Gasteiger charge is 2.65. The number of esters is 2. The highest BCUT2D eigenvalue weighted by atomic mass is 32.2. The van der Waals surface area contributed by atoms with Crippen LogP contribution in [0.3, 0.4) is 0 Å². The van der Waals surface area contributed by atoms with Gasteiger partial charge in [-0.3, -0.25) is 9.59 Å². The Morgan fingerprint density at radius 3 is 2.71 bits per heavy atom. The molecule has 5 rings (SSSR count). The second-order valence-electron chi connectivity index (χ2n) is 9.89. The van der Waals surface area contributed by atoms with Crippen molar-refractivity contribution in [3.8, 4) is 11.5 Å². The summed E-state index contributed by atoms with van der Waals surface area (Å²) in [5.74, 6) is 0.277. The van der Waals surface area contributed by atoms with Crippen LogP contribution in [0.2, 0.25) is 0 Å². The number of ether oxygens (including phenoxy) is 3. The molecule has 0 radical (unpaired) electrons. The summed E-state index contributed by atoms with van der Waals surface area (Å²) in [7, 11) is -3.38. The van der Waals surface area contributed by atoms with Crippen LogP contribution in [0.15, 0.2) is 24.3 Å². The molecule has 1 N–H and O–H groups in total. The van der Waals surface area contributed by atoms with Crippen molar-refractivity contribution in [2.75, 3.05) is 5.75 Å². The quantitative estimate of drug-likeness (QED) is 0.356. The van der Waals surface area contributed by atoms with E-state index in [9.17, 15) is 18.0 Å². The molecule has 1 fully saturated rings. The smallest absolute Gasteiger partial charge is 0.308 e. The van der Waals surface area contributed by atoms with Gasteiger partial charge in [-0.05, 0) is 55.2 Å². The summed E-state index contributed by atoms with van der Waals surface area (Å²) >= 11 is 0. The predicted molar refractivity (Wildman–Crippen MR) is 124 cm³/mol. The molecule has 1 spiro atoms. The van der Waals surface area contributed by atoms with Crippen LogP contribution in [0, 0.1) is 11.8 Å². The predicted octanol–water partition coefficient (Wildman–Crippen LogP) is 2.78. The number of nitrogens with one attached hydrogen (secondary N) is 1. The zero-order valence-corrected chi connectivity index (χ0v) is 20.5. The van der Waals surface area contributed by atoms with Crippen LogP contribution in [-0.4, -0.2) is 44.4 Å². The Labute approximate surface area is 200 Å². The van der Waals surface area contributed by atoms with Crippen molar-refractivity contribution in [2.45, 2.75) is 76.5 Å². The van der Waals surface area contributed by atoms with E-state index in [1.165, 1.54) is 13.8 Å². The lowest BCUT2D eigenvalue weighted by molar-refractivity contribution is -0.151. The molecule has 9 heteroatoms. The molecule has 4 aliphatic rings. The van der Waals surface area contributed by atoms with Gasteiger partial charge in [0.05, 0.1) is 5.75 Å². The third kappa shape index (κ3) is 3.64. The summed E-state index contributed by atoms with van der Waals surface area (Å²) in [4.78, 5) is 23.6. The summed E-state index contributed by atoms with van der Waals surface area (Å²) in [5.41, 5.74) is 1.62. The molecule has 1 aromatic rings. The van der Waals surface area contributed by atoms with Crippen LogP contribution in [-0.2, 0) is 36.2 Å². The van der Waals surface area contributed by atoms with Crippen molar-refractivity contribution in [3.63, 3.8) is 0 Å². The van der Waals surface area contributed by atoms with E-state index in [2.05, 4.69) is 10.8 Å². The van der Waals surface area contributed by atoms with E-state index in [4.69, 9.17) is 14.2 Å². The number of carbonyl (C=O) groups is 2. The number of hydrogen-bond donors (Lipinski definition) is 1. The number of hydrogen-bond acceptors (Lipinski definition) is 7. The number of unbranched alkanes of at least 4 members (excludes halogenated alkanes) is 1. The third-order valence-corrected chi connectivity index (χ3v) is 9.27. The maximum absolute atomic E-state index is 12.8. The largest absolute Gasteiger partial charge is 0.481 e. The third-order valence-electron chi connectivity index (χ3n) is 7.78. The van der Waals surface area contributed by atoms with Crippen molar-refractivity contribution < 1.29 is 32.2 Å². The number of sulfonamides is 1. The average molecular weight is 490 g/mol. The molecule has 184 valence electrons. The van der Waals surface area contributed by atoms with Crippen LogP contribution >= 0.6 is 0 Å². The molecule has 6 atom stereocenters. The summed E-state index contributed by atoms with van der Waals surface area (Å²) in [6.45, 7) is 4.71. The Balaban J connectivity index is 1.58. The van der Waals surface area contributed by atoms with Gasteiger partial charge in [-0.15, -0.1) is 0 Å². The van der Waals surface area contributed by atoms with Gasteiger partial charge in [-0.2, -0.15) is 0 Å². The highest BCUT2D eigenvalue weighted by Crippen LogP contribution is 2.65. The summed E-state index contributed by atoms with van der Waals surface area (Å²) < 4.78 is 46.1. The minimum Gasteiger partial charge on any atom is -0.481 e.